The minimum Gasteiger partial charge on any atom is -0.481 e. The number of carbonyl (C=O) groups is 1. The van der Waals surface area contributed by atoms with E-state index in [9.17, 15) is 9.18 Å². The Bertz CT molecular complexity index is 939. The molecule has 3 heterocycles. The number of benzene rings is 1. The average molecular weight is 410 g/mol. The number of carboxylic acids is 1. The van der Waals surface area contributed by atoms with Gasteiger partial charge in [0, 0.05) is 37.7 Å². The number of hydrogen-bond donors (Lipinski definition) is 1. The fourth-order valence-electron chi connectivity index (χ4n) is 3.84. The van der Waals surface area contributed by atoms with Crippen LogP contribution in [0.3, 0.4) is 0 Å². The van der Waals surface area contributed by atoms with Crippen LogP contribution < -0.4 is 9.80 Å². The molecular weight excluding hydrogens is 383 g/mol. The Morgan fingerprint density at radius 2 is 1.87 bits per heavy atom. The number of aromatic nitrogens is 1. The summed E-state index contributed by atoms with van der Waals surface area (Å²) in [6.45, 7) is 6.59. The van der Waals surface area contributed by atoms with Gasteiger partial charge in [-0.2, -0.15) is 0 Å². The number of anilines is 2. The van der Waals surface area contributed by atoms with Gasteiger partial charge in [0.05, 0.1) is 30.2 Å². The van der Waals surface area contributed by atoms with Gasteiger partial charge in [-0.25, -0.2) is 4.39 Å². The molecule has 1 aromatic carbocycles. The molecule has 0 aliphatic carbocycles. The van der Waals surface area contributed by atoms with Crippen LogP contribution in [0.15, 0.2) is 48.9 Å². The summed E-state index contributed by atoms with van der Waals surface area (Å²) in [5.74, 6) is -0.721. The highest BCUT2D eigenvalue weighted by Gasteiger charge is 2.32. The quantitative estimate of drug-likeness (QED) is 0.751. The summed E-state index contributed by atoms with van der Waals surface area (Å²) in [6.07, 6.45) is 6.46. The van der Waals surface area contributed by atoms with Gasteiger partial charge in [0.15, 0.2) is 0 Å². The Balaban J connectivity index is 1.34. The zero-order valence-corrected chi connectivity index (χ0v) is 17.3. The molecule has 1 fully saturated rings. The number of hydrogen-bond acceptors (Lipinski definition) is 5. The van der Waals surface area contributed by atoms with E-state index in [1.54, 1.807) is 6.07 Å². The van der Waals surface area contributed by atoms with Crippen molar-refractivity contribution in [3.63, 3.8) is 0 Å². The van der Waals surface area contributed by atoms with Crippen LogP contribution in [0, 0.1) is 17.7 Å². The van der Waals surface area contributed by atoms with Gasteiger partial charge in [-0.3, -0.25) is 14.7 Å². The van der Waals surface area contributed by atoms with Crippen molar-refractivity contribution in [3.05, 3.63) is 66.0 Å². The second-order valence-electron chi connectivity index (χ2n) is 8.49. The predicted octanol–water partition coefficient (Wildman–Crippen LogP) is 3.69. The third-order valence-electron chi connectivity index (χ3n) is 5.56. The van der Waals surface area contributed by atoms with Crippen molar-refractivity contribution in [1.82, 2.24) is 9.88 Å². The van der Waals surface area contributed by atoms with Crippen LogP contribution in [-0.2, 0) is 17.8 Å². The molecule has 1 aromatic heterocycles. The first-order chi connectivity index (χ1) is 14.4. The summed E-state index contributed by atoms with van der Waals surface area (Å²) in [6, 6.07) is 9.43. The molecule has 1 N–H and O–H groups in total. The van der Waals surface area contributed by atoms with E-state index in [1.807, 2.05) is 47.8 Å². The monoisotopic (exact) mass is 410 g/mol. The Labute approximate surface area is 176 Å². The summed E-state index contributed by atoms with van der Waals surface area (Å²) < 4.78 is 14.4. The highest BCUT2D eigenvalue weighted by Crippen LogP contribution is 2.26. The molecule has 30 heavy (non-hydrogen) atoms. The van der Waals surface area contributed by atoms with Gasteiger partial charge >= 0.3 is 5.97 Å². The van der Waals surface area contributed by atoms with E-state index in [-0.39, 0.29) is 11.7 Å². The average Bonchev–Trinajstić information content (AvgIpc) is 3.16. The molecule has 0 atom stereocenters. The molecule has 1 saturated heterocycles. The molecule has 6 nitrogen and oxygen atoms in total. The van der Waals surface area contributed by atoms with Crippen molar-refractivity contribution in [2.24, 2.45) is 11.8 Å². The Morgan fingerprint density at radius 1 is 1.17 bits per heavy atom. The molecule has 0 spiro atoms. The van der Waals surface area contributed by atoms with Crippen LogP contribution in [0.25, 0.3) is 0 Å². The Morgan fingerprint density at radius 3 is 2.47 bits per heavy atom. The maximum absolute atomic E-state index is 14.4. The molecule has 7 heteroatoms. The van der Waals surface area contributed by atoms with Crippen molar-refractivity contribution in [1.29, 1.82) is 0 Å². The Hall–Kier alpha value is -2.93. The number of aliphatic carboxylic acids is 1. The second kappa shape index (κ2) is 8.44. The number of halogens is 1. The molecule has 0 radical (unpaired) electrons. The lowest BCUT2D eigenvalue weighted by molar-refractivity contribution is -0.147. The van der Waals surface area contributed by atoms with Crippen molar-refractivity contribution in [3.8, 4) is 0 Å². The van der Waals surface area contributed by atoms with Crippen LogP contribution in [0.4, 0.5) is 15.8 Å². The van der Waals surface area contributed by atoms with Crippen molar-refractivity contribution < 1.29 is 14.3 Å². The molecule has 0 bridgehead atoms. The van der Waals surface area contributed by atoms with Gasteiger partial charge in [-0.15, -0.1) is 0 Å². The first-order valence-corrected chi connectivity index (χ1v) is 10.3. The molecule has 2 aliphatic rings. The SMILES string of the molecule is CC(C)Cc1ccc(N2C=CN(c3ccc(CN4CC(C(=O)O)C4)nc3)C2)cc1F. The molecule has 0 amide bonds. The lowest BCUT2D eigenvalue weighted by Gasteiger charge is -2.36. The summed E-state index contributed by atoms with van der Waals surface area (Å²) in [5, 5.41) is 8.96. The van der Waals surface area contributed by atoms with E-state index in [0.717, 1.165) is 29.1 Å². The van der Waals surface area contributed by atoms with Crippen molar-refractivity contribution in [2.45, 2.75) is 26.8 Å². The lowest BCUT2D eigenvalue weighted by atomic mass is 10.0. The van der Waals surface area contributed by atoms with Gasteiger partial charge in [0.1, 0.15) is 5.82 Å². The fraction of sp³-hybridized carbons (Fsp3) is 0.391. The molecule has 0 unspecified atom stereocenters. The summed E-state index contributed by atoms with van der Waals surface area (Å²) >= 11 is 0. The molecule has 4 rings (SSSR count). The predicted molar refractivity (Wildman–Crippen MR) is 115 cm³/mol. The first kappa shape index (κ1) is 20.3. The van der Waals surface area contributed by atoms with Crippen molar-refractivity contribution in [2.75, 3.05) is 29.6 Å². The molecule has 0 saturated carbocycles. The molecule has 2 aromatic rings. The number of carboxylic acid groups (broad SMARTS) is 1. The largest absolute Gasteiger partial charge is 0.481 e. The lowest BCUT2D eigenvalue weighted by Crippen LogP contribution is -2.49. The third kappa shape index (κ3) is 4.46. The third-order valence-corrected chi connectivity index (χ3v) is 5.56. The van der Waals surface area contributed by atoms with Crippen molar-refractivity contribution >= 4 is 17.3 Å². The summed E-state index contributed by atoms with van der Waals surface area (Å²) in [7, 11) is 0. The number of likely N-dealkylation sites (tertiary alicyclic amines) is 1. The van der Waals surface area contributed by atoms with E-state index in [4.69, 9.17) is 5.11 Å². The van der Waals surface area contributed by atoms with E-state index in [0.29, 0.717) is 32.2 Å². The van der Waals surface area contributed by atoms with Gasteiger partial charge < -0.3 is 14.9 Å². The Kier molecular flexibility index (Phi) is 5.72. The molecular formula is C23H27FN4O2. The van der Waals surface area contributed by atoms with Crippen LogP contribution in [0.1, 0.15) is 25.1 Å². The van der Waals surface area contributed by atoms with E-state index in [2.05, 4.69) is 28.6 Å². The summed E-state index contributed by atoms with van der Waals surface area (Å²) in [5.41, 5.74) is 3.46. The van der Waals surface area contributed by atoms with Crippen LogP contribution in [0.2, 0.25) is 0 Å². The zero-order valence-electron chi connectivity index (χ0n) is 17.3. The molecule has 2 aliphatic heterocycles. The van der Waals surface area contributed by atoms with Gasteiger partial charge in [-0.05, 0) is 42.2 Å². The standard InChI is InChI=1S/C23H27FN4O2/c1-16(2)9-17-3-5-20(10-22(17)24)27-7-8-28(15-27)21-6-4-19(25-11-21)14-26-12-18(13-26)23(29)30/h3-8,10-11,16,18H,9,12-15H2,1-2H3,(H,29,30). The van der Waals surface area contributed by atoms with Crippen LogP contribution in [0.5, 0.6) is 0 Å². The maximum atomic E-state index is 14.4. The smallest absolute Gasteiger partial charge is 0.309 e. The zero-order chi connectivity index (χ0) is 21.3. The molecule has 158 valence electrons. The minimum absolute atomic E-state index is 0.157. The van der Waals surface area contributed by atoms with E-state index in [1.165, 1.54) is 0 Å². The van der Waals surface area contributed by atoms with Crippen LogP contribution in [-0.4, -0.2) is 40.7 Å². The number of rotatable bonds is 7. The fourth-order valence-corrected chi connectivity index (χ4v) is 3.84. The minimum atomic E-state index is -0.727. The van der Waals surface area contributed by atoms with Gasteiger partial charge in [0.2, 0.25) is 0 Å². The second-order valence-corrected chi connectivity index (χ2v) is 8.49. The number of nitrogens with zero attached hydrogens (tertiary/aromatic N) is 4. The normalized spacial score (nSPS) is 17.1. The maximum Gasteiger partial charge on any atom is 0.309 e. The number of pyridine rings is 1. The first-order valence-electron chi connectivity index (χ1n) is 10.3. The van der Waals surface area contributed by atoms with Gasteiger partial charge in [0.25, 0.3) is 0 Å². The van der Waals surface area contributed by atoms with E-state index >= 15 is 0 Å². The highest BCUT2D eigenvalue weighted by molar-refractivity contribution is 5.71. The summed E-state index contributed by atoms with van der Waals surface area (Å²) in [4.78, 5) is 21.6. The van der Waals surface area contributed by atoms with Gasteiger partial charge in [-0.1, -0.05) is 19.9 Å². The van der Waals surface area contributed by atoms with E-state index < -0.39 is 5.97 Å². The van der Waals surface area contributed by atoms with Crippen LogP contribution >= 0.6 is 0 Å². The highest BCUT2D eigenvalue weighted by atomic mass is 19.1. The topological polar surface area (TPSA) is 59.9 Å².